The first-order valence-corrected chi connectivity index (χ1v) is 12.1. The third-order valence-electron chi connectivity index (χ3n) is 6.52. The molecular weight excluding hydrogens is 481 g/mol. The van der Waals surface area contributed by atoms with Crippen LogP contribution in [0.25, 0.3) is 6.08 Å². The zero-order valence-electron chi connectivity index (χ0n) is 20.8. The Morgan fingerprint density at radius 3 is 2.59 bits per heavy atom. The summed E-state index contributed by atoms with van der Waals surface area (Å²) in [6, 6.07) is 11.0. The van der Waals surface area contributed by atoms with Gasteiger partial charge in [-0.1, -0.05) is 35.9 Å². The van der Waals surface area contributed by atoms with E-state index in [0.29, 0.717) is 37.2 Å². The van der Waals surface area contributed by atoms with E-state index in [0.717, 1.165) is 28.8 Å². The van der Waals surface area contributed by atoms with Gasteiger partial charge in [0.1, 0.15) is 0 Å². The Morgan fingerprint density at radius 2 is 1.86 bits per heavy atom. The van der Waals surface area contributed by atoms with Gasteiger partial charge in [0.05, 0.1) is 29.9 Å². The average molecular weight is 511 g/mol. The number of halogens is 3. The Bertz CT molecular complexity index is 1300. The third-order valence-corrected chi connectivity index (χ3v) is 6.52. The molecule has 0 bridgehead atoms. The minimum Gasteiger partial charge on any atom is -0.339 e. The summed E-state index contributed by atoms with van der Waals surface area (Å²) < 4.78 is 40.5. The van der Waals surface area contributed by atoms with Crippen molar-refractivity contribution in [3.63, 3.8) is 0 Å². The number of amides is 2. The molecule has 194 valence electrons. The maximum absolute atomic E-state index is 12.9. The highest BCUT2D eigenvalue weighted by Crippen LogP contribution is 2.30. The number of alkyl halides is 3. The second-order valence-corrected chi connectivity index (χ2v) is 9.38. The molecule has 1 aromatic heterocycles. The Hall–Kier alpha value is -3.88. The molecule has 0 unspecified atom stereocenters. The van der Waals surface area contributed by atoms with Crippen LogP contribution in [0.2, 0.25) is 0 Å². The van der Waals surface area contributed by atoms with Crippen molar-refractivity contribution < 1.29 is 22.8 Å². The summed E-state index contributed by atoms with van der Waals surface area (Å²) >= 11 is 0. The van der Waals surface area contributed by atoms with Gasteiger partial charge in [-0.05, 0) is 61.6 Å². The van der Waals surface area contributed by atoms with E-state index in [1.165, 1.54) is 24.3 Å². The lowest BCUT2D eigenvalue weighted by molar-refractivity contribution is -0.137. The molecule has 0 spiro atoms. The van der Waals surface area contributed by atoms with Crippen molar-refractivity contribution in [2.75, 3.05) is 18.4 Å². The van der Waals surface area contributed by atoms with Gasteiger partial charge < -0.3 is 10.2 Å². The minimum absolute atomic E-state index is 0.0844. The first-order chi connectivity index (χ1) is 17.6. The fourth-order valence-electron chi connectivity index (χ4n) is 4.41. The molecule has 2 aromatic carbocycles. The molecule has 3 aromatic rings. The number of hydrogen-bond donors (Lipinski definition) is 1. The highest BCUT2D eigenvalue weighted by Gasteiger charge is 2.30. The molecule has 37 heavy (non-hydrogen) atoms. The third kappa shape index (κ3) is 6.87. The minimum atomic E-state index is -4.43. The number of anilines is 1. The molecular formula is C28H29F3N4O2. The van der Waals surface area contributed by atoms with Gasteiger partial charge >= 0.3 is 6.18 Å². The van der Waals surface area contributed by atoms with E-state index in [-0.39, 0.29) is 24.3 Å². The van der Waals surface area contributed by atoms with Crippen LogP contribution in [0.15, 0.2) is 60.9 Å². The number of aryl methyl sites for hydroxylation is 2. The van der Waals surface area contributed by atoms with E-state index in [2.05, 4.69) is 10.4 Å². The predicted molar refractivity (Wildman–Crippen MR) is 136 cm³/mol. The number of aromatic nitrogens is 2. The fourth-order valence-corrected chi connectivity index (χ4v) is 4.41. The van der Waals surface area contributed by atoms with Gasteiger partial charge in [0.2, 0.25) is 11.8 Å². The monoisotopic (exact) mass is 510 g/mol. The molecule has 0 aliphatic carbocycles. The number of carbonyl (C=O) groups excluding carboxylic acids is 2. The van der Waals surface area contributed by atoms with Gasteiger partial charge in [-0.3, -0.25) is 14.3 Å². The van der Waals surface area contributed by atoms with Crippen LogP contribution in [0.5, 0.6) is 0 Å². The molecule has 0 saturated carbocycles. The molecule has 2 heterocycles. The summed E-state index contributed by atoms with van der Waals surface area (Å²) in [4.78, 5) is 26.8. The van der Waals surface area contributed by atoms with E-state index in [1.54, 1.807) is 17.3 Å². The lowest BCUT2D eigenvalue weighted by Gasteiger charge is -2.31. The number of piperidine rings is 1. The van der Waals surface area contributed by atoms with Crippen molar-refractivity contribution in [3.8, 4) is 0 Å². The Labute approximate surface area is 213 Å². The van der Waals surface area contributed by atoms with E-state index in [4.69, 9.17) is 0 Å². The summed E-state index contributed by atoms with van der Waals surface area (Å²) in [7, 11) is 0. The zero-order chi connectivity index (χ0) is 26.6. The Kier molecular flexibility index (Phi) is 7.80. The van der Waals surface area contributed by atoms with Crippen LogP contribution in [0.3, 0.4) is 0 Å². The van der Waals surface area contributed by atoms with Gasteiger partial charge in [0.15, 0.2) is 0 Å². The van der Waals surface area contributed by atoms with Crippen LogP contribution in [-0.2, 0) is 22.2 Å². The first kappa shape index (κ1) is 26.2. The summed E-state index contributed by atoms with van der Waals surface area (Å²) in [6.07, 6.45) is 3.37. The molecule has 1 aliphatic heterocycles. The smallest absolute Gasteiger partial charge is 0.339 e. The summed E-state index contributed by atoms with van der Waals surface area (Å²) in [6.45, 7) is 4.99. The second-order valence-electron chi connectivity index (χ2n) is 9.38. The van der Waals surface area contributed by atoms with Crippen molar-refractivity contribution in [1.82, 2.24) is 14.7 Å². The highest BCUT2D eigenvalue weighted by atomic mass is 19.4. The molecule has 0 atom stereocenters. The molecule has 1 fully saturated rings. The number of nitrogens with zero attached hydrogens (tertiary/aromatic N) is 3. The van der Waals surface area contributed by atoms with E-state index in [9.17, 15) is 22.8 Å². The average Bonchev–Trinajstić information content (AvgIpc) is 3.33. The van der Waals surface area contributed by atoms with Crippen molar-refractivity contribution in [1.29, 1.82) is 0 Å². The zero-order valence-corrected chi connectivity index (χ0v) is 20.8. The number of hydrogen-bond acceptors (Lipinski definition) is 3. The van der Waals surface area contributed by atoms with Gasteiger partial charge in [-0.15, -0.1) is 0 Å². The first-order valence-electron chi connectivity index (χ1n) is 12.1. The number of rotatable bonds is 6. The standard InChI is InChI=1S/C28H29F3N4O2/c1-19-6-7-20(2)22(14-19)16-26(36)33-24-17-32-35(18-24)25-10-12-34(13-11-25)27(37)9-8-21-4-3-5-23(15-21)28(29,30)31/h3-9,14-15,17-18,25H,10-13,16H2,1-2H3,(H,33,36)/b9-8+. The van der Waals surface area contributed by atoms with Gasteiger partial charge in [-0.2, -0.15) is 18.3 Å². The van der Waals surface area contributed by atoms with E-state index in [1.807, 2.05) is 36.7 Å². The highest BCUT2D eigenvalue weighted by molar-refractivity contribution is 5.92. The fraction of sp³-hybridized carbons (Fsp3) is 0.321. The quantitative estimate of drug-likeness (QED) is 0.441. The molecule has 1 aliphatic rings. The number of nitrogens with one attached hydrogen (secondary N) is 1. The van der Waals surface area contributed by atoms with Crippen LogP contribution < -0.4 is 5.32 Å². The van der Waals surface area contributed by atoms with Crippen molar-refractivity contribution in [2.24, 2.45) is 0 Å². The maximum Gasteiger partial charge on any atom is 0.416 e. The molecule has 6 nitrogen and oxygen atoms in total. The Balaban J connectivity index is 1.28. The summed E-state index contributed by atoms with van der Waals surface area (Å²) in [5, 5.41) is 7.30. The van der Waals surface area contributed by atoms with Gasteiger partial charge in [0, 0.05) is 25.4 Å². The number of benzene rings is 2. The van der Waals surface area contributed by atoms with Gasteiger partial charge in [0.25, 0.3) is 0 Å². The number of carbonyl (C=O) groups is 2. The molecule has 4 rings (SSSR count). The topological polar surface area (TPSA) is 67.2 Å². The van der Waals surface area contributed by atoms with Crippen LogP contribution in [0, 0.1) is 13.8 Å². The molecule has 2 amide bonds. The Morgan fingerprint density at radius 1 is 1.11 bits per heavy atom. The van der Waals surface area contributed by atoms with Gasteiger partial charge in [-0.25, -0.2) is 0 Å². The number of likely N-dealkylation sites (tertiary alicyclic amines) is 1. The van der Waals surface area contributed by atoms with E-state index >= 15 is 0 Å². The summed E-state index contributed by atoms with van der Waals surface area (Å²) in [5.41, 5.74) is 3.37. The van der Waals surface area contributed by atoms with Crippen LogP contribution >= 0.6 is 0 Å². The molecule has 0 radical (unpaired) electrons. The maximum atomic E-state index is 12.9. The largest absolute Gasteiger partial charge is 0.416 e. The SMILES string of the molecule is Cc1ccc(C)c(CC(=O)Nc2cnn(C3CCN(C(=O)/C=C/c4cccc(C(F)(F)F)c4)CC3)c2)c1. The molecule has 1 N–H and O–H groups in total. The normalized spacial score (nSPS) is 14.8. The molecule has 9 heteroatoms. The van der Waals surface area contributed by atoms with Crippen molar-refractivity contribution >= 4 is 23.6 Å². The van der Waals surface area contributed by atoms with Crippen LogP contribution in [0.4, 0.5) is 18.9 Å². The summed E-state index contributed by atoms with van der Waals surface area (Å²) in [5.74, 6) is -0.350. The van der Waals surface area contributed by atoms with Crippen LogP contribution in [0.1, 0.15) is 46.7 Å². The van der Waals surface area contributed by atoms with Crippen LogP contribution in [-0.4, -0.2) is 39.6 Å². The lowest BCUT2D eigenvalue weighted by atomic mass is 10.0. The predicted octanol–water partition coefficient (Wildman–Crippen LogP) is 5.58. The lowest BCUT2D eigenvalue weighted by Crippen LogP contribution is -2.38. The van der Waals surface area contributed by atoms with E-state index < -0.39 is 11.7 Å². The molecule has 1 saturated heterocycles. The van der Waals surface area contributed by atoms with Crippen molar-refractivity contribution in [2.45, 2.75) is 45.3 Å². The van der Waals surface area contributed by atoms with Crippen molar-refractivity contribution in [3.05, 3.63) is 88.8 Å². The second kappa shape index (κ2) is 11.0.